The number of nitriles is 1. The number of benzene rings is 1. The maximum Gasteiger partial charge on any atom is 0.212 e. The number of nitrogens with zero attached hydrogens (tertiary/aromatic N) is 2. The van der Waals surface area contributed by atoms with Gasteiger partial charge in [-0.25, -0.2) is 0 Å². The largest absolute Gasteiger partial charge is 1.00 e. The summed E-state index contributed by atoms with van der Waals surface area (Å²) in [4.78, 5) is 0. The van der Waals surface area contributed by atoms with E-state index in [4.69, 9.17) is 16.9 Å². The fourth-order valence-electron chi connectivity index (χ4n) is 1.65. The Hall–Kier alpha value is -1.30. The van der Waals surface area contributed by atoms with E-state index in [0.717, 1.165) is 17.4 Å². The van der Waals surface area contributed by atoms with Gasteiger partial charge in [0.05, 0.1) is 5.88 Å². The predicted octanol–water partition coefficient (Wildman–Crippen LogP) is -0.758. The molecule has 16 heavy (non-hydrogen) atoms. The van der Waals surface area contributed by atoms with E-state index in [0.29, 0.717) is 11.4 Å². The van der Waals surface area contributed by atoms with E-state index >= 15 is 0 Å². The Labute approximate surface area is 105 Å². The van der Waals surface area contributed by atoms with Gasteiger partial charge in [0.2, 0.25) is 5.52 Å². The smallest absolute Gasteiger partial charge is 0.212 e. The number of aromatic nitrogens is 1. The van der Waals surface area contributed by atoms with Gasteiger partial charge in [0.1, 0.15) is 11.6 Å². The molecule has 0 aliphatic carbocycles. The number of hydrogen-bond donors (Lipinski definition) is 0. The van der Waals surface area contributed by atoms with Crippen LogP contribution in [-0.2, 0) is 6.54 Å². The topological polar surface area (TPSA) is 27.7 Å². The zero-order chi connectivity index (χ0) is 10.7. The Morgan fingerprint density at radius 3 is 2.75 bits per heavy atom. The van der Waals surface area contributed by atoms with Gasteiger partial charge in [-0.15, -0.1) is 11.6 Å². The number of aryl methyl sites for hydroxylation is 1. The standard InChI is InChI=1S/C12H10ClN2.ClH/c13-5-6-15-9-10(8-14)7-11-3-1-2-4-12(11)15;/h1-4,7,9H,5-6H2;1H/q+1;/p-1. The first kappa shape index (κ1) is 12.8. The monoisotopic (exact) mass is 252 g/mol. The Kier molecular flexibility index (Phi) is 4.54. The highest BCUT2D eigenvalue weighted by molar-refractivity contribution is 6.17. The van der Waals surface area contributed by atoms with Crippen LogP contribution in [0.2, 0.25) is 0 Å². The van der Waals surface area contributed by atoms with Crippen molar-refractivity contribution in [1.29, 1.82) is 5.26 Å². The maximum atomic E-state index is 8.89. The van der Waals surface area contributed by atoms with Gasteiger partial charge in [-0.05, 0) is 12.1 Å². The van der Waals surface area contributed by atoms with Crippen LogP contribution in [0.1, 0.15) is 5.56 Å². The summed E-state index contributed by atoms with van der Waals surface area (Å²) in [5, 5.41) is 9.96. The molecular weight excluding hydrogens is 243 g/mol. The van der Waals surface area contributed by atoms with Crippen molar-refractivity contribution in [1.82, 2.24) is 0 Å². The lowest BCUT2D eigenvalue weighted by molar-refractivity contribution is -0.667. The van der Waals surface area contributed by atoms with Crippen molar-refractivity contribution in [2.24, 2.45) is 0 Å². The van der Waals surface area contributed by atoms with E-state index in [1.807, 2.05) is 41.1 Å². The van der Waals surface area contributed by atoms with Gasteiger partial charge in [0.15, 0.2) is 12.7 Å². The average molecular weight is 253 g/mol. The maximum absolute atomic E-state index is 8.89. The van der Waals surface area contributed by atoms with E-state index < -0.39 is 0 Å². The van der Waals surface area contributed by atoms with Gasteiger partial charge in [-0.3, -0.25) is 0 Å². The molecule has 0 saturated carbocycles. The molecule has 0 amide bonds. The lowest BCUT2D eigenvalue weighted by Crippen LogP contribution is -3.00. The third-order valence-corrected chi connectivity index (χ3v) is 2.48. The lowest BCUT2D eigenvalue weighted by Gasteiger charge is -1.99. The first-order chi connectivity index (χ1) is 7.35. The number of hydrogen-bond acceptors (Lipinski definition) is 1. The van der Waals surface area contributed by atoms with Crippen molar-refractivity contribution in [3.63, 3.8) is 0 Å². The van der Waals surface area contributed by atoms with Crippen molar-refractivity contribution >= 4 is 22.5 Å². The highest BCUT2D eigenvalue weighted by Gasteiger charge is 2.09. The summed E-state index contributed by atoms with van der Waals surface area (Å²) in [6.07, 6.45) is 1.84. The molecule has 0 radical (unpaired) electrons. The van der Waals surface area contributed by atoms with E-state index in [1.54, 1.807) is 0 Å². The molecule has 0 saturated heterocycles. The predicted molar refractivity (Wildman–Crippen MR) is 59.6 cm³/mol. The highest BCUT2D eigenvalue weighted by atomic mass is 35.5. The summed E-state index contributed by atoms with van der Waals surface area (Å²) < 4.78 is 2.01. The number of para-hydroxylation sites is 1. The summed E-state index contributed by atoms with van der Waals surface area (Å²) in [6, 6.07) is 12.0. The zero-order valence-corrected chi connectivity index (χ0v) is 10.0. The second-order valence-electron chi connectivity index (χ2n) is 3.28. The Balaban J connectivity index is 0.00000128. The molecule has 4 heteroatoms. The molecule has 0 spiro atoms. The van der Waals surface area contributed by atoms with Crippen LogP contribution in [0.25, 0.3) is 10.9 Å². The van der Waals surface area contributed by atoms with Crippen LogP contribution >= 0.6 is 11.6 Å². The average Bonchev–Trinajstić information content (AvgIpc) is 2.29. The Morgan fingerprint density at radius 1 is 1.31 bits per heavy atom. The molecule has 82 valence electrons. The summed E-state index contributed by atoms with van der Waals surface area (Å²) in [5.74, 6) is 0.545. The van der Waals surface area contributed by atoms with Gasteiger partial charge < -0.3 is 12.4 Å². The molecular formula is C12H10Cl2N2. The van der Waals surface area contributed by atoms with Crippen molar-refractivity contribution < 1.29 is 17.0 Å². The molecule has 1 aromatic carbocycles. The molecule has 0 aliphatic rings. The lowest BCUT2D eigenvalue weighted by atomic mass is 10.1. The van der Waals surface area contributed by atoms with Crippen LogP contribution in [0.15, 0.2) is 36.5 Å². The molecule has 0 fully saturated rings. The highest BCUT2D eigenvalue weighted by Crippen LogP contribution is 2.10. The Morgan fingerprint density at radius 2 is 2.06 bits per heavy atom. The molecule has 0 aliphatic heterocycles. The van der Waals surface area contributed by atoms with Crippen LogP contribution in [0.4, 0.5) is 0 Å². The minimum absolute atomic E-state index is 0. The first-order valence-electron chi connectivity index (χ1n) is 4.73. The van der Waals surface area contributed by atoms with E-state index in [-0.39, 0.29) is 12.4 Å². The Bertz CT molecular complexity index is 532. The number of alkyl halides is 1. The fraction of sp³-hybridized carbons (Fsp3) is 0.167. The quantitative estimate of drug-likeness (QED) is 0.511. The molecule has 2 rings (SSSR count). The minimum atomic E-state index is 0. The van der Waals surface area contributed by atoms with Crippen molar-refractivity contribution in [3.8, 4) is 6.07 Å². The van der Waals surface area contributed by atoms with Crippen LogP contribution in [-0.4, -0.2) is 5.88 Å². The van der Waals surface area contributed by atoms with E-state index in [2.05, 4.69) is 6.07 Å². The molecule has 0 unspecified atom stereocenters. The van der Waals surface area contributed by atoms with Gasteiger partial charge in [0, 0.05) is 11.5 Å². The first-order valence-corrected chi connectivity index (χ1v) is 5.27. The van der Waals surface area contributed by atoms with Crippen LogP contribution in [0.3, 0.4) is 0 Å². The number of rotatable bonds is 2. The molecule has 1 heterocycles. The second-order valence-corrected chi connectivity index (χ2v) is 3.66. The van der Waals surface area contributed by atoms with Crippen molar-refractivity contribution in [2.45, 2.75) is 6.54 Å². The van der Waals surface area contributed by atoms with Gasteiger partial charge in [-0.1, -0.05) is 12.1 Å². The summed E-state index contributed by atoms with van der Waals surface area (Å²) in [7, 11) is 0. The van der Waals surface area contributed by atoms with Crippen molar-refractivity contribution in [3.05, 3.63) is 42.1 Å². The zero-order valence-electron chi connectivity index (χ0n) is 8.53. The second kappa shape index (κ2) is 5.69. The summed E-state index contributed by atoms with van der Waals surface area (Å²) in [6.45, 7) is 0.720. The van der Waals surface area contributed by atoms with Gasteiger partial charge in [-0.2, -0.15) is 9.83 Å². The van der Waals surface area contributed by atoms with E-state index in [1.165, 1.54) is 0 Å². The minimum Gasteiger partial charge on any atom is -1.00 e. The SMILES string of the molecule is N#Cc1cc2ccccc2[n+](CCCl)c1.[Cl-]. The van der Waals surface area contributed by atoms with Crippen LogP contribution < -0.4 is 17.0 Å². The van der Waals surface area contributed by atoms with E-state index in [9.17, 15) is 0 Å². The number of pyridine rings is 1. The molecule has 0 N–H and O–H groups in total. The van der Waals surface area contributed by atoms with Crippen LogP contribution in [0.5, 0.6) is 0 Å². The molecule has 2 nitrogen and oxygen atoms in total. The fourth-order valence-corrected chi connectivity index (χ4v) is 1.83. The summed E-state index contributed by atoms with van der Waals surface area (Å²) >= 11 is 5.73. The van der Waals surface area contributed by atoms with Gasteiger partial charge >= 0.3 is 0 Å². The third-order valence-electron chi connectivity index (χ3n) is 2.31. The number of fused-ring (bicyclic) bond motifs is 1. The van der Waals surface area contributed by atoms with Gasteiger partial charge in [0.25, 0.3) is 0 Å². The number of halogens is 2. The van der Waals surface area contributed by atoms with Crippen LogP contribution in [0, 0.1) is 11.3 Å². The normalized spacial score (nSPS) is 9.50. The van der Waals surface area contributed by atoms with Crippen molar-refractivity contribution in [2.75, 3.05) is 5.88 Å². The summed E-state index contributed by atoms with van der Waals surface area (Å²) in [5.41, 5.74) is 1.77. The molecule has 0 bridgehead atoms. The third kappa shape index (κ3) is 2.44. The molecule has 0 atom stereocenters. The molecule has 1 aromatic heterocycles. The molecule has 2 aromatic rings.